The first-order valence-electron chi connectivity index (χ1n) is 3.28. The molecule has 0 aliphatic carbocycles. The van der Waals surface area contributed by atoms with E-state index in [9.17, 15) is 0 Å². The standard InChI is InChI=1S/C7H11N3S/c8-5-10-11-7-3-1-2-6(9)4-7/h1-4,10H,5,8-9H2. The molecule has 0 aliphatic heterocycles. The molecule has 0 saturated carbocycles. The van der Waals surface area contributed by atoms with Gasteiger partial charge in [0.2, 0.25) is 0 Å². The predicted octanol–water partition coefficient (Wildman–Crippen LogP) is 0.782. The maximum Gasteiger partial charge on any atom is 0.0530 e. The molecule has 0 spiro atoms. The molecule has 4 heteroatoms. The highest BCUT2D eigenvalue weighted by atomic mass is 32.2. The molecule has 0 unspecified atom stereocenters. The Hall–Kier alpha value is -0.710. The number of nitrogens with one attached hydrogen (secondary N) is 1. The highest BCUT2D eigenvalue weighted by Gasteiger charge is 1.91. The van der Waals surface area contributed by atoms with Crippen LogP contribution in [0.25, 0.3) is 0 Å². The summed E-state index contributed by atoms with van der Waals surface area (Å²) in [5, 5.41) is 0. The van der Waals surface area contributed by atoms with Gasteiger partial charge >= 0.3 is 0 Å². The second kappa shape index (κ2) is 4.23. The molecule has 0 radical (unpaired) electrons. The van der Waals surface area contributed by atoms with Crippen LogP contribution in [0, 0.1) is 0 Å². The van der Waals surface area contributed by atoms with Crippen molar-refractivity contribution in [2.75, 3.05) is 12.4 Å². The van der Waals surface area contributed by atoms with Gasteiger partial charge < -0.3 is 11.5 Å². The first kappa shape index (κ1) is 8.39. The Kier molecular flexibility index (Phi) is 3.22. The lowest BCUT2D eigenvalue weighted by atomic mass is 10.3. The molecule has 0 aromatic heterocycles. The summed E-state index contributed by atoms with van der Waals surface area (Å²) in [7, 11) is 0. The minimum atomic E-state index is 0.458. The lowest BCUT2D eigenvalue weighted by Crippen LogP contribution is -2.14. The number of rotatable bonds is 3. The number of nitrogen functional groups attached to an aromatic ring is 1. The Bertz CT molecular complexity index is 227. The quantitative estimate of drug-likeness (QED) is 0.355. The van der Waals surface area contributed by atoms with Crippen LogP contribution in [-0.4, -0.2) is 6.67 Å². The normalized spacial score (nSPS) is 9.91. The van der Waals surface area contributed by atoms with Gasteiger partial charge in [-0.3, -0.25) is 0 Å². The average Bonchev–Trinajstić information content (AvgIpc) is 2.01. The van der Waals surface area contributed by atoms with Gasteiger partial charge in [0.1, 0.15) is 0 Å². The van der Waals surface area contributed by atoms with Gasteiger partial charge in [0.25, 0.3) is 0 Å². The monoisotopic (exact) mass is 169 g/mol. The molecule has 1 rings (SSSR count). The Morgan fingerprint density at radius 2 is 2.27 bits per heavy atom. The molecule has 5 N–H and O–H groups in total. The van der Waals surface area contributed by atoms with E-state index in [-0.39, 0.29) is 0 Å². The van der Waals surface area contributed by atoms with Gasteiger partial charge in [-0.05, 0) is 30.1 Å². The predicted molar refractivity (Wildman–Crippen MR) is 48.9 cm³/mol. The molecule has 0 bridgehead atoms. The fourth-order valence-electron chi connectivity index (χ4n) is 0.703. The molecule has 11 heavy (non-hydrogen) atoms. The van der Waals surface area contributed by atoms with Gasteiger partial charge in [-0.1, -0.05) is 6.07 Å². The highest BCUT2D eigenvalue weighted by molar-refractivity contribution is 7.97. The maximum absolute atomic E-state index is 5.56. The van der Waals surface area contributed by atoms with Gasteiger partial charge in [-0.25, -0.2) is 4.72 Å². The van der Waals surface area contributed by atoms with Crippen LogP contribution in [0.5, 0.6) is 0 Å². The van der Waals surface area contributed by atoms with Crippen molar-refractivity contribution in [1.29, 1.82) is 0 Å². The van der Waals surface area contributed by atoms with Crippen LogP contribution in [0.15, 0.2) is 29.2 Å². The Balaban J connectivity index is 2.56. The van der Waals surface area contributed by atoms with E-state index in [0.717, 1.165) is 10.6 Å². The molecule has 60 valence electrons. The topological polar surface area (TPSA) is 64.1 Å². The molecular formula is C7H11N3S. The molecular weight excluding hydrogens is 158 g/mol. The van der Waals surface area contributed by atoms with E-state index in [1.54, 1.807) is 0 Å². The first-order valence-corrected chi connectivity index (χ1v) is 4.10. The van der Waals surface area contributed by atoms with Crippen LogP contribution in [-0.2, 0) is 0 Å². The molecule has 0 atom stereocenters. The molecule has 0 heterocycles. The van der Waals surface area contributed by atoms with E-state index < -0.39 is 0 Å². The van der Waals surface area contributed by atoms with Gasteiger partial charge in [-0.15, -0.1) is 0 Å². The minimum Gasteiger partial charge on any atom is -0.399 e. The van der Waals surface area contributed by atoms with E-state index >= 15 is 0 Å². The fourth-order valence-corrected chi connectivity index (χ4v) is 1.29. The van der Waals surface area contributed by atoms with Crippen LogP contribution >= 0.6 is 11.9 Å². The smallest absolute Gasteiger partial charge is 0.0530 e. The number of anilines is 1. The third kappa shape index (κ3) is 2.80. The van der Waals surface area contributed by atoms with E-state index in [2.05, 4.69) is 4.72 Å². The maximum atomic E-state index is 5.56. The molecule has 0 fully saturated rings. The van der Waals surface area contributed by atoms with Crippen LogP contribution in [0.2, 0.25) is 0 Å². The van der Waals surface area contributed by atoms with Gasteiger partial charge in [0.15, 0.2) is 0 Å². The third-order valence-corrected chi connectivity index (χ3v) is 1.93. The average molecular weight is 169 g/mol. The van der Waals surface area contributed by atoms with E-state index in [1.165, 1.54) is 11.9 Å². The molecule has 1 aromatic rings. The second-order valence-corrected chi connectivity index (χ2v) is 2.99. The number of benzene rings is 1. The minimum absolute atomic E-state index is 0.458. The van der Waals surface area contributed by atoms with E-state index in [1.807, 2.05) is 24.3 Å². The second-order valence-electron chi connectivity index (χ2n) is 2.02. The molecule has 1 aromatic carbocycles. The van der Waals surface area contributed by atoms with Gasteiger partial charge in [0, 0.05) is 10.6 Å². The summed E-state index contributed by atoms with van der Waals surface area (Å²) in [6.45, 7) is 0.458. The van der Waals surface area contributed by atoms with Crippen molar-refractivity contribution in [3.8, 4) is 0 Å². The molecule has 0 amide bonds. The number of nitrogens with two attached hydrogens (primary N) is 2. The van der Waals surface area contributed by atoms with Crippen molar-refractivity contribution in [2.45, 2.75) is 4.90 Å². The lowest BCUT2D eigenvalue weighted by molar-refractivity contribution is 0.984. The Morgan fingerprint density at radius 3 is 2.91 bits per heavy atom. The first-order chi connectivity index (χ1) is 5.33. The number of hydrogen-bond acceptors (Lipinski definition) is 4. The zero-order valence-corrected chi connectivity index (χ0v) is 6.90. The fraction of sp³-hybridized carbons (Fsp3) is 0.143. The summed E-state index contributed by atoms with van der Waals surface area (Å²) < 4.78 is 2.93. The molecule has 0 saturated heterocycles. The largest absolute Gasteiger partial charge is 0.399 e. The Labute approximate surface area is 70.3 Å². The summed E-state index contributed by atoms with van der Waals surface area (Å²) in [5.41, 5.74) is 11.6. The van der Waals surface area contributed by atoms with Crippen molar-refractivity contribution in [3.63, 3.8) is 0 Å². The van der Waals surface area contributed by atoms with E-state index in [0.29, 0.717) is 6.67 Å². The van der Waals surface area contributed by atoms with Crippen LogP contribution in [0.4, 0.5) is 5.69 Å². The summed E-state index contributed by atoms with van der Waals surface area (Å²) in [6.07, 6.45) is 0. The summed E-state index contributed by atoms with van der Waals surface area (Å²) in [5.74, 6) is 0. The lowest BCUT2D eigenvalue weighted by Gasteiger charge is -2.00. The van der Waals surface area contributed by atoms with Crippen LogP contribution < -0.4 is 16.2 Å². The Morgan fingerprint density at radius 1 is 1.45 bits per heavy atom. The van der Waals surface area contributed by atoms with E-state index in [4.69, 9.17) is 11.5 Å². The van der Waals surface area contributed by atoms with Crippen molar-refractivity contribution in [1.82, 2.24) is 4.72 Å². The van der Waals surface area contributed by atoms with Gasteiger partial charge in [0.05, 0.1) is 6.67 Å². The summed E-state index contributed by atoms with van der Waals surface area (Å²) >= 11 is 1.48. The van der Waals surface area contributed by atoms with Crippen LogP contribution in [0.3, 0.4) is 0 Å². The van der Waals surface area contributed by atoms with Crippen molar-refractivity contribution < 1.29 is 0 Å². The summed E-state index contributed by atoms with van der Waals surface area (Å²) in [6, 6.07) is 7.64. The third-order valence-electron chi connectivity index (χ3n) is 1.13. The SMILES string of the molecule is NCNSc1cccc(N)c1. The molecule has 3 nitrogen and oxygen atoms in total. The van der Waals surface area contributed by atoms with Crippen LogP contribution in [0.1, 0.15) is 0 Å². The zero-order chi connectivity index (χ0) is 8.10. The molecule has 0 aliphatic rings. The van der Waals surface area contributed by atoms with Crippen molar-refractivity contribution in [3.05, 3.63) is 24.3 Å². The summed E-state index contributed by atoms with van der Waals surface area (Å²) in [4.78, 5) is 1.08. The zero-order valence-electron chi connectivity index (χ0n) is 6.08. The highest BCUT2D eigenvalue weighted by Crippen LogP contribution is 2.16. The van der Waals surface area contributed by atoms with Crippen molar-refractivity contribution >= 4 is 17.6 Å². The van der Waals surface area contributed by atoms with Gasteiger partial charge in [-0.2, -0.15) is 0 Å². The number of hydrogen-bond donors (Lipinski definition) is 3. The van der Waals surface area contributed by atoms with Crippen molar-refractivity contribution in [2.24, 2.45) is 5.73 Å².